The molecule has 2 aromatic carbocycles. The molecule has 26 heavy (non-hydrogen) atoms. The van der Waals surface area contributed by atoms with Crippen molar-refractivity contribution >= 4 is 12.0 Å². The van der Waals surface area contributed by atoms with Crippen LogP contribution in [0.2, 0.25) is 0 Å². The molecule has 1 heterocycles. The normalized spacial score (nSPS) is 12.2. The summed E-state index contributed by atoms with van der Waals surface area (Å²) in [5.41, 5.74) is 3.84. The van der Waals surface area contributed by atoms with E-state index < -0.39 is 6.10 Å². The summed E-state index contributed by atoms with van der Waals surface area (Å²) in [5, 5.41) is 12.8. The summed E-state index contributed by atoms with van der Waals surface area (Å²) in [7, 11) is 0. The van der Waals surface area contributed by atoms with Crippen LogP contribution in [0.5, 0.6) is 0 Å². The number of amides is 1. The van der Waals surface area contributed by atoms with Crippen molar-refractivity contribution in [3.63, 3.8) is 0 Å². The molecule has 0 spiro atoms. The number of rotatable bonds is 6. The van der Waals surface area contributed by atoms with E-state index in [1.54, 1.807) is 18.6 Å². The Balaban J connectivity index is 1.52. The number of aliphatic hydroxyl groups is 1. The van der Waals surface area contributed by atoms with Crippen LogP contribution >= 0.6 is 0 Å². The molecule has 3 rings (SSSR count). The minimum absolute atomic E-state index is 0.172. The molecule has 5 nitrogen and oxygen atoms in total. The maximum Gasteiger partial charge on any atom is 0.244 e. The number of nitrogens with one attached hydrogen (secondary N) is 1. The summed E-state index contributed by atoms with van der Waals surface area (Å²) in [5.74, 6) is -0.241. The zero-order valence-electron chi connectivity index (χ0n) is 14.5. The number of carbonyl (C=O) groups excluding carboxylic acids is 1. The smallest absolute Gasteiger partial charge is 0.244 e. The molecule has 2 N–H and O–H groups in total. The van der Waals surface area contributed by atoms with E-state index in [1.807, 2.05) is 66.2 Å². The molecular formula is C21H21N3O2. The van der Waals surface area contributed by atoms with E-state index in [9.17, 15) is 9.90 Å². The highest BCUT2D eigenvalue weighted by Gasteiger charge is 2.07. The summed E-state index contributed by atoms with van der Waals surface area (Å²) < 4.78 is 1.91. The third-order valence-electron chi connectivity index (χ3n) is 4.05. The van der Waals surface area contributed by atoms with Crippen LogP contribution in [0.4, 0.5) is 0 Å². The highest BCUT2D eigenvalue weighted by Crippen LogP contribution is 2.13. The Kier molecular flexibility index (Phi) is 5.61. The van der Waals surface area contributed by atoms with Crippen molar-refractivity contribution in [1.82, 2.24) is 14.9 Å². The number of aryl methyl sites for hydroxylation is 1. The van der Waals surface area contributed by atoms with E-state index in [1.165, 1.54) is 6.08 Å². The highest BCUT2D eigenvalue weighted by atomic mass is 16.3. The second-order valence-electron chi connectivity index (χ2n) is 6.07. The van der Waals surface area contributed by atoms with E-state index in [2.05, 4.69) is 10.3 Å². The molecule has 0 bridgehead atoms. The van der Waals surface area contributed by atoms with Crippen molar-refractivity contribution in [2.75, 3.05) is 6.54 Å². The van der Waals surface area contributed by atoms with Gasteiger partial charge in [-0.25, -0.2) is 4.98 Å². The fourth-order valence-electron chi connectivity index (χ4n) is 2.50. The lowest BCUT2D eigenvalue weighted by Crippen LogP contribution is -2.26. The Morgan fingerprint density at radius 2 is 1.92 bits per heavy atom. The fraction of sp³-hybridized carbons (Fsp3) is 0.143. The van der Waals surface area contributed by atoms with Crippen LogP contribution < -0.4 is 5.32 Å². The Labute approximate surface area is 152 Å². The van der Waals surface area contributed by atoms with Gasteiger partial charge < -0.3 is 15.0 Å². The molecule has 1 amide bonds. The van der Waals surface area contributed by atoms with Gasteiger partial charge in [-0.2, -0.15) is 0 Å². The number of hydrogen-bond donors (Lipinski definition) is 2. The van der Waals surface area contributed by atoms with Crippen molar-refractivity contribution in [2.24, 2.45) is 0 Å². The molecule has 3 aromatic rings. The molecule has 132 valence electrons. The first-order chi connectivity index (χ1) is 12.6. The lowest BCUT2D eigenvalue weighted by Gasteiger charge is -2.11. The number of carbonyl (C=O) groups is 1. The van der Waals surface area contributed by atoms with Gasteiger partial charge in [0.1, 0.15) is 0 Å². The van der Waals surface area contributed by atoms with Gasteiger partial charge in [0.25, 0.3) is 0 Å². The van der Waals surface area contributed by atoms with Crippen LogP contribution in [-0.2, 0) is 4.79 Å². The largest absolute Gasteiger partial charge is 0.387 e. The fourth-order valence-corrected chi connectivity index (χ4v) is 2.50. The zero-order chi connectivity index (χ0) is 18.4. The topological polar surface area (TPSA) is 67.2 Å². The molecule has 0 aliphatic rings. The van der Waals surface area contributed by atoms with Gasteiger partial charge in [0.15, 0.2) is 0 Å². The van der Waals surface area contributed by atoms with Gasteiger partial charge in [-0.15, -0.1) is 0 Å². The van der Waals surface area contributed by atoms with E-state index in [0.29, 0.717) is 0 Å². The standard InChI is InChI=1S/C21H21N3O2/c1-16-2-7-18(8-3-16)20(25)14-23-21(26)11-6-17-4-9-19(10-5-17)24-13-12-22-15-24/h2-13,15,20,25H,14H2,1H3,(H,23,26)/b11-6+. The van der Waals surface area contributed by atoms with E-state index in [0.717, 1.165) is 22.4 Å². The Morgan fingerprint density at radius 3 is 2.58 bits per heavy atom. The predicted octanol–water partition coefficient (Wildman–Crippen LogP) is 3.04. The number of aliphatic hydroxyl groups excluding tert-OH is 1. The van der Waals surface area contributed by atoms with E-state index in [-0.39, 0.29) is 12.5 Å². The summed E-state index contributed by atoms with van der Waals surface area (Å²) in [6, 6.07) is 15.4. The van der Waals surface area contributed by atoms with Gasteiger partial charge in [-0.3, -0.25) is 4.79 Å². The van der Waals surface area contributed by atoms with Crippen LogP contribution in [0.25, 0.3) is 11.8 Å². The second kappa shape index (κ2) is 8.27. The van der Waals surface area contributed by atoms with Crippen molar-refractivity contribution in [1.29, 1.82) is 0 Å². The second-order valence-corrected chi connectivity index (χ2v) is 6.07. The quantitative estimate of drug-likeness (QED) is 0.674. The highest BCUT2D eigenvalue weighted by molar-refractivity contribution is 5.91. The third-order valence-corrected chi connectivity index (χ3v) is 4.05. The van der Waals surface area contributed by atoms with Crippen molar-refractivity contribution in [2.45, 2.75) is 13.0 Å². The Hall–Kier alpha value is -3.18. The molecule has 0 radical (unpaired) electrons. The minimum atomic E-state index is -0.720. The molecule has 0 saturated carbocycles. The van der Waals surface area contributed by atoms with Crippen LogP contribution in [-0.4, -0.2) is 27.1 Å². The summed E-state index contributed by atoms with van der Waals surface area (Å²) in [6.07, 6.45) is 7.82. The number of hydrogen-bond acceptors (Lipinski definition) is 3. The van der Waals surface area contributed by atoms with E-state index in [4.69, 9.17) is 0 Å². The van der Waals surface area contributed by atoms with Crippen LogP contribution in [0, 0.1) is 6.92 Å². The number of nitrogens with zero attached hydrogens (tertiary/aromatic N) is 2. The first-order valence-corrected chi connectivity index (χ1v) is 8.41. The molecule has 0 saturated heterocycles. The molecule has 0 aliphatic carbocycles. The molecule has 0 fully saturated rings. The number of benzene rings is 2. The Bertz CT molecular complexity index is 867. The van der Waals surface area contributed by atoms with Gasteiger partial charge >= 0.3 is 0 Å². The Morgan fingerprint density at radius 1 is 1.19 bits per heavy atom. The van der Waals surface area contributed by atoms with Crippen LogP contribution in [0.1, 0.15) is 22.8 Å². The summed E-state index contributed by atoms with van der Waals surface area (Å²) >= 11 is 0. The predicted molar refractivity (Wildman–Crippen MR) is 102 cm³/mol. The summed E-state index contributed by atoms with van der Waals surface area (Å²) in [4.78, 5) is 16.0. The number of imidazole rings is 1. The lowest BCUT2D eigenvalue weighted by atomic mass is 10.1. The molecule has 1 aromatic heterocycles. The maximum atomic E-state index is 11.9. The maximum absolute atomic E-state index is 11.9. The van der Waals surface area contributed by atoms with Gasteiger partial charge in [0, 0.05) is 30.7 Å². The molecule has 5 heteroatoms. The molecular weight excluding hydrogens is 326 g/mol. The van der Waals surface area contributed by atoms with E-state index >= 15 is 0 Å². The average molecular weight is 347 g/mol. The van der Waals surface area contributed by atoms with Crippen molar-refractivity contribution < 1.29 is 9.90 Å². The van der Waals surface area contributed by atoms with Gasteiger partial charge in [0.2, 0.25) is 5.91 Å². The monoisotopic (exact) mass is 347 g/mol. The van der Waals surface area contributed by atoms with Crippen LogP contribution in [0.3, 0.4) is 0 Å². The third kappa shape index (κ3) is 4.68. The lowest BCUT2D eigenvalue weighted by molar-refractivity contribution is -0.116. The zero-order valence-corrected chi connectivity index (χ0v) is 14.5. The molecule has 1 atom stereocenters. The van der Waals surface area contributed by atoms with Crippen LogP contribution in [0.15, 0.2) is 73.3 Å². The average Bonchev–Trinajstić information content (AvgIpc) is 3.20. The van der Waals surface area contributed by atoms with Gasteiger partial charge in [-0.1, -0.05) is 42.0 Å². The van der Waals surface area contributed by atoms with Crippen molar-refractivity contribution in [3.8, 4) is 5.69 Å². The minimum Gasteiger partial charge on any atom is -0.387 e. The first kappa shape index (κ1) is 17.6. The summed E-state index contributed by atoms with van der Waals surface area (Å²) in [6.45, 7) is 2.16. The van der Waals surface area contributed by atoms with Crippen molar-refractivity contribution in [3.05, 3.63) is 90.0 Å². The SMILES string of the molecule is Cc1ccc(C(O)CNC(=O)/C=C/c2ccc(-n3ccnc3)cc2)cc1. The van der Waals surface area contributed by atoms with Gasteiger partial charge in [-0.05, 0) is 36.3 Å². The molecule has 1 unspecified atom stereocenters. The number of aromatic nitrogens is 2. The molecule has 0 aliphatic heterocycles. The first-order valence-electron chi connectivity index (χ1n) is 8.41. The van der Waals surface area contributed by atoms with Gasteiger partial charge in [0.05, 0.1) is 12.4 Å².